The van der Waals surface area contributed by atoms with Gasteiger partial charge in [0, 0.05) is 18.0 Å². The number of anilines is 1. The van der Waals surface area contributed by atoms with Crippen LogP contribution in [0, 0.1) is 0 Å². The Morgan fingerprint density at radius 2 is 1.93 bits per heavy atom. The number of benzene rings is 2. The predicted octanol–water partition coefficient (Wildman–Crippen LogP) is 3.19. The zero-order chi connectivity index (χ0) is 21.5. The molecule has 0 aliphatic rings. The number of para-hydroxylation sites is 1. The molecule has 0 saturated heterocycles. The third-order valence-corrected chi connectivity index (χ3v) is 5.59. The molecule has 0 fully saturated rings. The number of rotatable bonds is 9. The van der Waals surface area contributed by atoms with Gasteiger partial charge in [0.15, 0.2) is 0 Å². The van der Waals surface area contributed by atoms with Gasteiger partial charge in [0.25, 0.3) is 0 Å². The molecular formula is C21H23ClN4O3S. The Balaban J connectivity index is 1.41. The van der Waals surface area contributed by atoms with Crippen molar-refractivity contribution in [2.24, 2.45) is 0 Å². The van der Waals surface area contributed by atoms with Crippen LogP contribution in [0.5, 0.6) is 5.75 Å². The molecule has 0 radical (unpaired) electrons. The lowest BCUT2D eigenvalue weighted by Crippen LogP contribution is -2.39. The molecule has 0 saturated carbocycles. The second kappa shape index (κ2) is 10.4. The molecule has 0 atom stereocenters. The van der Waals surface area contributed by atoms with Gasteiger partial charge in [-0.2, -0.15) is 0 Å². The maximum absolute atomic E-state index is 12.3. The van der Waals surface area contributed by atoms with E-state index in [0.717, 1.165) is 15.2 Å². The fourth-order valence-electron chi connectivity index (χ4n) is 2.91. The summed E-state index contributed by atoms with van der Waals surface area (Å²) in [5, 5.41) is 7.11. The molecule has 0 bridgehead atoms. The Morgan fingerprint density at radius 1 is 1.17 bits per heavy atom. The van der Waals surface area contributed by atoms with E-state index in [0.29, 0.717) is 29.4 Å². The number of nitrogens with one attached hydrogen (secondary N) is 2. The number of thiazole rings is 1. The first-order valence-corrected chi connectivity index (χ1v) is 10.6. The number of ether oxygens (including phenoxy) is 1. The third kappa shape index (κ3) is 6.16. The summed E-state index contributed by atoms with van der Waals surface area (Å²) in [4.78, 5) is 30.6. The number of amides is 2. The second-order valence-corrected chi connectivity index (χ2v) is 8.29. The zero-order valence-electron chi connectivity index (χ0n) is 16.8. The van der Waals surface area contributed by atoms with E-state index in [4.69, 9.17) is 16.3 Å². The monoisotopic (exact) mass is 446 g/mol. The van der Waals surface area contributed by atoms with Crippen LogP contribution in [0.2, 0.25) is 5.02 Å². The number of carbonyl (C=O) groups is 2. The number of fused-ring (bicyclic) bond motifs is 1. The van der Waals surface area contributed by atoms with Gasteiger partial charge >= 0.3 is 0 Å². The number of aromatic nitrogens is 1. The van der Waals surface area contributed by atoms with Crippen molar-refractivity contribution in [1.82, 2.24) is 15.2 Å². The van der Waals surface area contributed by atoms with Crippen molar-refractivity contribution in [3.8, 4) is 5.75 Å². The summed E-state index contributed by atoms with van der Waals surface area (Å²) in [6.07, 6.45) is 0.670. The summed E-state index contributed by atoms with van der Waals surface area (Å²) in [6.45, 7) is 0.666. The number of hydrogen-bond donors (Lipinski definition) is 2. The van der Waals surface area contributed by atoms with Crippen LogP contribution in [0.1, 0.15) is 5.01 Å². The van der Waals surface area contributed by atoms with Gasteiger partial charge in [-0.05, 0) is 37.4 Å². The molecule has 0 aliphatic carbocycles. The Labute approximate surface area is 184 Å². The van der Waals surface area contributed by atoms with Gasteiger partial charge in [0.05, 0.1) is 41.1 Å². The smallest absolute Gasteiger partial charge is 0.238 e. The van der Waals surface area contributed by atoms with Crippen LogP contribution in [-0.2, 0) is 16.0 Å². The van der Waals surface area contributed by atoms with Gasteiger partial charge in [-0.1, -0.05) is 23.7 Å². The number of carbonyl (C=O) groups excluding carboxylic acids is 2. The Hall–Kier alpha value is -2.68. The highest BCUT2D eigenvalue weighted by atomic mass is 35.5. The van der Waals surface area contributed by atoms with E-state index in [1.165, 1.54) is 7.11 Å². The quantitative estimate of drug-likeness (QED) is 0.527. The first kappa shape index (κ1) is 22.0. The van der Waals surface area contributed by atoms with E-state index < -0.39 is 0 Å². The van der Waals surface area contributed by atoms with Gasteiger partial charge in [-0.25, -0.2) is 4.98 Å². The van der Waals surface area contributed by atoms with Crippen molar-refractivity contribution < 1.29 is 14.3 Å². The van der Waals surface area contributed by atoms with Gasteiger partial charge in [-0.15, -0.1) is 11.3 Å². The lowest BCUT2D eigenvalue weighted by Gasteiger charge is -2.17. The molecular weight excluding hydrogens is 424 g/mol. The molecule has 0 aliphatic heterocycles. The van der Waals surface area contributed by atoms with Crippen LogP contribution < -0.4 is 15.4 Å². The molecule has 9 heteroatoms. The minimum atomic E-state index is -0.264. The molecule has 2 amide bonds. The summed E-state index contributed by atoms with van der Waals surface area (Å²) < 4.78 is 6.36. The first-order valence-electron chi connectivity index (χ1n) is 9.37. The predicted molar refractivity (Wildman–Crippen MR) is 120 cm³/mol. The van der Waals surface area contributed by atoms with E-state index >= 15 is 0 Å². The first-order chi connectivity index (χ1) is 14.4. The SMILES string of the molecule is COc1ccc(Cl)cc1NC(=O)CN(C)CC(=O)NCCc1nc2ccccc2s1. The molecule has 1 aromatic heterocycles. The fraction of sp³-hybridized carbons (Fsp3) is 0.286. The summed E-state index contributed by atoms with van der Waals surface area (Å²) in [5.41, 5.74) is 1.47. The Morgan fingerprint density at radius 3 is 2.70 bits per heavy atom. The summed E-state index contributed by atoms with van der Waals surface area (Å²) in [6, 6.07) is 12.9. The fourth-order valence-corrected chi connectivity index (χ4v) is 4.04. The second-order valence-electron chi connectivity index (χ2n) is 6.74. The number of nitrogens with zero attached hydrogens (tertiary/aromatic N) is 2. The minimum absolute atomic E-state index is 0.0565. The average Bonchev–Trinajstić information content (AvgIpc) is 3.10. The van der Waals surface area contributed by atoms with E-state index in [1.54, 1.807) is 41.5 Å². The van der Waals surface area contributed by atoms with E-state index in [1.807, 2.05) is 24.3 Å². The molecule has 2 N–H and O–H groups in total. The standard InChI is InChI=1S/C21H23ClN4O3S/c1-26(13-20(28)24-16-11-14(22)7-8-17(16)29-2)12-19(27)23-10-9-21-25-15-5-3-4-6-18(15)30-21/h3-8,11H,9-10,12-13H2,1-2H3,(H,23,27)(H,24,28). The van der Waals surface area contributed by atoms with Gasteiger partial charge in [0.1, 0.15) is 5.75 Å². The maximum Gasteiger partial charge on any atom is 0.238 e. The van der Waals surface area contributed by atoms with Crippen molar-refractivity contribution in [1.29, 1.82) is 0 Å². The van der Waals surface area contributed by atoms with Gasteiger partial charge < -0.3 is 15.4 Å². The van der Waals surface area contributed by atoms with Crippen molar-refractivity contribution in [2.75, 3.05) is 39.1 Å². The van der Waals surface area contributed by atoms with Crippen LogP contribution in [0.4, 0.5) is 5.69 Å². The van der Waals surface area contributed by atoms with Crippen LogP contribution in [0.25, 0.3) is 10.2 Å². The van der Waals surface area contributed by atoms with Gasteiger partial charge in [0.2, 0.25) is 11.8 Å². The summed E-state index contributed by atoms with van der Waals surface area (Å²) in [5.74, 6) is 0.107. The van der Waals surface area contributed by atoms with Crippen molar-refractivity contribution in [3.63, 3.8) is 0 Å². The highest BCUT2D eigenvalue weighted by Gasteiger charge is 2.13. The van der Waals surface area contributed by atoms with Crippen LogP contribution >= 0.6 is 22.9 Å². The molecule has 0 unspecified atom stereocenters. The minimum Gasteiger partial charge on any atom is -0.495 e. The number of likely N-dealkylation sites (N-methyl/N-ethyl adjacent to an activating group) is 1. The summed E-state index contributed by atoms with van der Waals surface area (Å²) >= 11 is 7.60. The van der Waals surface area contributed by atoms with Crippen molar-refractivity contribution in [3.05, 3.63) is 52.5 Å². The molecule has 1 heterocycles. The number of halogens is 1. The molecule has 30 heavy (non-hydrogen) atoms. The molecule has 158 valence electrons. The van der Waals surface area contributed by atoms with E-state index in [-0.39, 0.29) is 24.9 Å². The molecule has 3 rings (SSSR count). The molecule has 3 aromatic rings. The average molecular weight is 447 g/mol. The Bertz CT molecular complexity index is 1010. The lowest BCUT2D eigenvalue weighted by molar-refractivity contribution is -0.122. The molecule has 0 spiro atoms. The topological polar surface area (TPSA) is 83.6 Å². The molecule has 2 aromatic carbocycles. The number of hydrogen-bond acceptors (Lipinski definition) is 6. The van der Waals surface area contributed by atoms with Gasteiger partial charge in [-0.3, -0.25) is 14.5 Å². The maximum atomic E-state index is 12.3. The van der Waals surface area contributed by atoms with Crippen LogP contribution in [-0.4, -0.2) is 55.5 Å². The lowest BCUT2D eigenvalue weighted by atomic mass is 10.3. The van der Waals surface area contributed by atoms with E-state index in [2.05, 4.69) is 15.6 Å². The number of methoxy groups -OCH3 is 1. The van der Waals surface area contributed by atoms with Crippen LogP contribution in [0.3, 0.4) is 0 Å². The third-order valence-electron chi connectivity index (χ3n) is 4.26. The largest absolute Gasteiger partial charge is 0.495 e. The molecule has 7 nitrogen and oxygen atoms in total. The summed E-state index contributed by atoms with van der Waals surface area (Å²) in [7, 11) is 3.23. The normalized spacial score (nSPS) is 10.9. The zero-order valence-corrected chi connectivity index (χ0v) is 18.3. The van der Waals surface area contributed by atoms with Crippen LogP contribution in [0.15, 0.2) is 42.5 Å². The van der Waals surface area contributed by atoms with Crippen molar-refractivity contribution >= 4 is 50.7 Å². The Kier molecular flexibility index (Phi) is 7.62. The highest BCUT2D eigenvalue weighted by molar-refractivity contribution is 7.18. The van der Waals surface area contributed by atoms with E-state index in [9.17, 15) is 9.59 Å². The highest BCUT2D eigenvalue weighted by Crippen LogP contribution is 2.27. The van der Waals surface area contributed by atoms with Crippen molar-refractivity contribution in [2.45, 2.75) is 6.42 Å².